The molecule has 1 heterocycles. The van der Waals surface area contributed by atoms with Crippen LogP contribution in [0, 0.1) is 0 Å². The van der Waals surface area contributed by atoms with E-state index in [1.54, 1.807) is 0 Å². The molecule has 0 saturated carbocycles. The van der Waals surface area contributed by atoms with Gasteiger partial charge in [-0.3, -0.25) is 4.79 Å². The van der Waals surface area contributed by atoms with Crippen LogP contribution in [-0.2, 0) is 9.59 Å². The monoisotopic (exact) mass is 293 g/mol. The number of hydrogen-bond donors (Lipinski definition) is 4. The molecule has 4 N–H and O–H groups in total. The highest BCUT2D eigenvalue weighted by Gasteiger charge is 2.27. The summed E-state index contributed by atoms with van der Waals surface area (Å²) in [6, 6.07) is -0.799. The molecule has 0 radical (unpaired) electrons. The number of carbonyl (C=O) groups is 2. The third-order valence-corrected chi connectivity index (χ3v) is 4.83. The van der Waals surface area contributed by atoms with Crippen molar-refractivity contribution in [3.05, 3.63) is 9.81 Å². The summed E-state index contributed by atoms with van der Waals surface area (Å²) in [4.78, 5) is 23.0. The summed E-state index contributed by atoms with van der Waals surface area (Å²) >= 11 is 2.30. The average molecular weight is 293 g/mol. The number of thioether (sulfide) groups is 2. The lowest BCUT2D eigenvalue weighted by molar-refractivity contribution is -0.132. The molecule has 0 fully saturated rings. The second-order valence-electron chi connectivity index (χ2n) is 3.66. The maximum Gasteiger partial charge on any atom is 0.343 e. The van der Waals surface area contributed by atoms with E-state index in [9.17, 15) is 14.7 Å². The van der Waals surface area contributed by atoms with E-state index in [0.29, 0.717) is 11.5 Å². The lowest BCUT2D eigenvalue weighted by atomic mass is 10.2. The third kappa shape index (κ3) is 3.91. The lowest BCUT2D eigenvalue weighted by Gasteiger charge is -2.22. The second kappa shape index (κ2) is 7.03. The fourth-order valence-electron chi connectivity index (χ4n) is 1.30. The molecule has 102 valence electrons. The molecule has 2 atom stereocenters. The van der Waals surface area contributed by atoms with Crippen LogP contribution in [-0.4, -0.2) is 57.5 Å². The predicted octanol–water partition coefficient (Wildman–Crippen LogP) is -0.380. The van der Waals surface area contributed by atoms with E-state index < -0.39 is 30.6 Å². The smallest absolute Gasteiger partial charge is 0.343 e. The number of aliphatic hydroxyl groups excluding tert-OH is 2. The van der Waals surface area contributed by atoms with Gasteiger partial charge in [0.25, 0.3) is 5.91 Å². The quantitative estimate of drug-likeness (QED) is 0.547. The molecule has 8 heteroatoms. The highest BCUT2D eigenvalue weighted by atomic mass is 32.2. The zero-order valence-corrected chi connectivity index (χ0v) is 11.4. The Bertz CT molecular complexity index is 369. The molecule has 18 heavy (non-hydrogen) atoms. The van der Waals surface area contributed by atoms with Gasteiger partial charge < -0.3 is 20.6 Å². The van der Waals surface area contributed by atoms with E-state index in [-0.39, 0.29) is 9.81 Å². The van der Waals surface area contributed by atoms with E-state index >= 15 is 0 Å². The number of amides is 1. The summed E-state index contributed by atoms with van der Waals surface area (Å²) < 4.78 is 0. The first-order chi connectivity index (χ1) is 8.47. The molecule has 0 unspecified atom stereocenters. The van der Waals surface area contributed by atoms with Crippen LogP contribution < -0.4 is 5.32 Å². The molecule has 1 aliphatic rings. The van der Waals surface area contributed by atoms with Crippen LogP contribution in [0.1, 0.15) is 6.92 Å². The maximum atomic E-state index is 11.9. The van der Waals surface area contributed by atoms with Crippen molar-refractivity contribution in [3.8, 4) is 0 Å². The molecular weight excluding hydrogens is 278 g/mol. The minimum absolute atomic E-state index is 0.0195. The molecule has 0 spiro atoms. The number of aliphatic hydroxyl groups is 2. The van der Waals surface area contributed by atoms with Crippen LogP contribution >= 0.6 is 23.5 Å². The van der Waals surface area contributed by atoms with Gasteiger partial charge in [-0.1, -0.05) is 0 Å². The van der Waals surface area contributed by atoms with E-state index in [4.69, 9.17) is 10.2 Å². The third-order valence-electron chi connectivity index (χ3n) is 2.28. The van der Waals surface area contributed by atoms with Crippen molar-refractivity contribution in [1.82, 2.24) is 5.32 Å². The van der Waals surface area contributed by atoms with E-state index in [2.05, 4.69) is 5.32 Å². The van der Waals surface area contributed by atoms with Gasteiger partial charge in [0.2, 0.25) is 0 Å². The number of nitrogens with one attached hydrogen (secondary N) is 1. The van der Waals surface area contributed by atoms with Crippen molar-refractivity contribution in [3.63, 3.8) is 0 Å². The van der Waals surface area contributed by atoms with E-state index in [1.807, 2.05) is 0 Å². The van der Waals surface area contributed by atoms with Crippen LogP contribution in [0.5, 0.6) is 0 Å². The standard InChI is InChI=1S/C10H15NO5S2/c1-5(13)6(4-12)11-9(14)7-8(10(15)16)18-3-2-17-7/h5-6,12-13H,2-4H2,1H3,(H,11,14)(H,15,16)/t5-,6+/m1/s1. The highest BCUT2D eigenvalue weighted by molar-refractivity contribution is 8.11. The van der Waals surface area contributed by atoms with Crippen molar-refractivity contribution >= 4 is 35.4 Å². The summed E-state index contributed by atoms with van der Waals surface area (Å²) in [6.07, 6.45) is -0.908. The first kappa shape index (κ1) is 15.4. The zero-order chi connectivity index (χ0) is 13.7. The molecule has 0 aromatic rings. The predicted molar refractivity (Wildman–Crippen MR) is 70.3 cm³/mol. The Kier molecular flexibility index (Phi) is 6.00. The Morgan fingerprint density at radius 1 is 1.33 bits per heavy atom. The molecule has 0 aromatic carbocycles. The largest absolute Gasteiger partial charge is 0.477 e. The first-order valence-corrected chi connectivity index (χ1v) is 7.27. The molecule has 0 bridgehead atoms. The molecule has 1 aliphatic heterocycles. The average Bonchev–Trinajstić information content (AvgIpc) is 2.35. The van der Waals surface area contributed by atoms with Gasteiger partial charge in [0, 0.05) is 11.5 Å². The summed E-state index contributed by atoms with van der Waals surface area (Å²) in [5, 5.41) is 29.7. The van der Waals surface area contributed by atoms with Gasteiger partial charge in [0.05, 0.1) is 23.7 Å². The number of carboxylic acids is 1. The number of carbonyl (C=O) groups excluding carboxylic acids is 1. The fourth-order valence-corrected chi connectivity index (χ4v) is 3.48. The number of rotatable bonds is 5. The topological polar surface area (TPSA) is 107 Å². The minimum Gasteiger partial charge on any atom is -0.477 e. The van der Waals surface area contributed by atoms with E-state index in [1.165, 1.54) is 18.7 Å². The van der Waals surface area contributed by atoms with Gasteiger partial charge in [-0.05, 0) is 6.92 Å². The van der Waals surface area contributed by atoms with Crippen LogP contribution in [0.2, 0.25) is 0 Å². The number of hydrogen-bond acceptors (Lipinski definition) is 6. The van der Waals surface area contributed by atoms with Crippen LogP contribution in [0.4, 0.5) is 0 Å². The van der Waals surface area contributed by atoms with E-state index in [0.717, 1.165) is 11.8 Å². The van der Waals surface area contributed by atoms with Crippen molar-refractivity contribution in [2.75, 3.05) is 18.1 Å². The summed E-state index contributed by atoms with van der Waals surface area (Å²) in [5.74, 6) is -0.398. The zero-order valence-electron chi connectivity index (χ0n) is 9.75. The fraction of sp³-hybridized carbons (Fsp3) is 0.600. The van der Waals surface area contributed by atoms with Crippen LogP contribution in [0.3, 0.4) is 0 Å². The molecular formula is C10H15NO5S2. The Labute approximate surface area is 113 Å². The first-order valence-electron chi connectivity index (χ1n) is 5.30. The SMILES string of the molecule is C[C@@H](O)[C@H](CO)NC(=O)C1=C(C(=O)O)SCCS1. The molecule has 1 amide bonds. The van der Waals surface area contributed by atoms with Crippen LogP contribution in [0.25, 0.3) is 0 Å². The number of carboxylic acid groups (broad SMARTS) is 1. The number of aliphatic carboxylic acids is 1. The summed E-state index contributed by atoms with van der Waals surface area (Å²) in [7, 11) is 0. The summed E-state index contributed by atoms with van der Waals surface area (Å²) in [6.45, 7) is 1.04. The van der Waals surface area contributed by atoms with Gasteiger partial charge in [-0.2, -0.15) is 0 Å². The molecule has 0 aromatic heterocycles. The van der Waals surface area contributed by atoms with Gasteiger partial charge >= 0.3 is 5.97 Å². The molecule has 0 aliphatic carbocycles. The molecule has 0 saturated heterocycles. The Morgan fingerprint density at radius 3 is 2.33 bits per heavy atom. The van der Waals surface area contributed by atoms with Crippen molar-refractivity contribution < 1.29 is 24.9 Å². The second-order valence-corrected chi connectivity index (χ2v) is 5.87. The van der Waals surface area contributed by atoms with Gasteiger partial charge in [-0.25, -0.2) is 4.79 Å². The van der Waals surface area contributed by atoms with Crippen LogP contribution in [0.15, 0.2) is 9.81 Å². The normalized spacial score (nSPS) is 19.3. The van der Waals surface area contributed by atoms with Gasteiger partial charge in [0.15, 0.2) is 0 Å². The Morgan fingerprint density at radius 2 is 1.89 bits per heavy atom. The lowest BCUT2D eigenvalue weighted by Crippen LogP contribution is -2.45. The van der Waals surface area contributed by atoms with Gasteiger partial charge in [0.1, 0.15) is 4.91 Å². The minimum atomic E-state index is -1.13. The van der Waals surface area contributed by atoms with Crippen molar-refractivity contribution in [2.45, 2.75) is 19.1 Å². The molecule has 1 rings (SSSR count). The molecule has 6 nitrogen and oxygen atoms in total. The Hall–Kier alpha value is -0.700. The summed E-state index contributed by atoms with van der Waals surface area (Å²) in [5.41, 5.74) is 0. The highest BCUT2D eigenvalue weighted by Crippen LogP contribution is 2.34. The van der Waals surface area contributed by atoms with Crippen molar-refractivity contribution in [2.24, 2.45) is 0 Å². The van der Waals surface area contributed by atoms with Crippen molar-refractivity contribution in [1.29, 1.82) is 0 Å². The Balaban J connectivity index is 2.84. The van der Waals surface area contributed by atoms with Gasteiger partial charge in [-0.15, -0.1) is 23.5 Å². The maximum absolute atomic E-state index is 11.9.